The lowest BCUT2D eigenvalue weighted by Crippen LogP contribution is -2.25. The number of aromatic nitrogens is 1. The molecule has 0 spiro atoms. The van der Waals surface area contributed by atoms with Crippen LogP contribution < -0.4 is 10.1 Å². The van der Waals surface area contributed by atoms with Crippen molar-refractivity contribution in [1.29, 1.82) is 0 Å². The first-order valence-electron chi connectivity index (χ1n) is 8.09. The molecule has 124 valence electrons. The van der Waals surface area contributed by atoms with E-state index in [1.807, 2.05) is 61.5 Å². The van der Waals surface area contributed by atoms with Crippen LogP contribution in [-0.2, 0) is 0 Å². The molecule has 1 heterocycles. The summed E-state index contributed by atoms with van der Waals surface area (Å²) in [4.78, 5) is 4.43. The number of hydrogen-bond donors (Lipinski definition) is 2. The summed E-state index contributed by atoms with van der Waals surface area (Å²) in [6.07, 6.45) is 1.24. The average Bonchev–Trinajstić information content (AvgIpc) is 2.65. The van der Waals surface area contributed by atoms with Crippen LogP contribution in [0.15, 0.2) is 60.8 Å². The number of rotatable bonds is 6. The minimum absolute atomic E-state index is 0.0448. The van der Waals surface area contributed by atoms with Gasteiger partial charge in [0.25, 0.3) is 0 Å². The third-order valence-electron chi connectivity index (χ3n) is 4.34. The van der Waals surface area contributed by atoms with Gasteiger partial charge in [0, 0.05) is 24.0 Å². The molecule has 0 radical (unpaired) electrons. The second-order valence-electron chi connectivity index (χ2n) is 5.86. The molecule has 24 heavy (non-hydrogen) atoms. The molecule has 2 atom stereocenters. The molecule has 0 fully saturated rings. The fraction of sp³-hybridized carbons (Fsp3) is 0.250. The highest BCUT2D eigenvalue weighted by Crippen LogP contribution is 2.29. The highest BCUT2D eigenvalue weighted by Gasteiger charge is 2.19. The number of fused-ring (bicyclic) bond motifs is 1. The molecule has 0 bridgehead atoms. The Hall–Kier alpha value is -2.59. The summed E-state index contributed by atoms with van der Waals surface area (Å²) < 4.78 is 5.40. The minimum atomic E-state index is -0.541. The highest BCUT2D eigenvalue weighted by molar-refractivity contribution is 5.90. The zero-order valence-electron chi connectivity index (χ0n) is 13.9. The summed E-state index contributed by atoms with van der Waals surface area (Å²) >= 11 is 0. The molecular formula is C20H22N2O2. The molecule has 4 heteroatoms. The van der Waals surface area contributed by atoms with Crippen molar-refractivity contribution < 1.29 is 9.84 Å². The van der Waals surface area contributed by atoms with Gasteiger partial charge in [-0.15, -0.1) is 0 Å². The molecule has 0 aliphatic heterocycles. The first kappa shape index (κ1) is 16.3. The molecule has 2 N–H and O–H groups in total. The Balaban J connectivity index is 1.74. The maximum Gasteiger partial charge on any atom is 0.122 e. The molecule has 0 amide bonds. The fourth-order valence-electron chi connectivity index (χ4n) is 2.89. The first-order valence-corrected chi connectivity index (χ1v) is 8.09. The van der Waals surface area contributed by atoms with Crippen molar-refractivity contribution >= 4 is 16.6 Å². The van der Waals surface area contributed by atoms with Crippen molar-refractivity contribution in [3.8, 4) is 5.75 Å². The van der Waals surface area contributed by atoms with Crippen LogP contribution in [0.5, 0.6) is 5.75 Å². The Kier molecular flexibility index (Phi) is 4.96. The number of pyridine rings is 1. The van der Waals surface area contributed by atoms with Crippen molar-refractivity contribution in [1.82, 2.24) is 4.98 Å². The van der Waals surface area contributed by atoms with E-state index in [0.29, 0.717) is 6.54 Å². The first-order chi connectivity index (χ1) is 11.7. The second kappa shape index (κ2) is 7.32. The number of anilines is 1. The SMILES string of the molecule is COc1ccccc1C(C)C(O)CNc1cccc2cccnc12. The largest absolute Gasteiger partial charge is 0.496 e. The van der Waals surface area contributed by atoms with Crippen LogP contribution >= 0.6 is 0 Å². The lowest BCUT2D eigenvalue weighted by Gasteiger charge is -2.22. The van der Waals surface area contributed by atoms with E-state index in [9.17, 15) is 5.11 Å². The number of benzene rings is 2. The van der Waals surface area contributed by atoms with E-state index in [2.05, 4.69) is 10.3 Å². The van der Waals surface area contributed by atoms with Gasteiger partial charge in [-0.25, -0.2) is 0 Å². The van der Waals surface area contributed by atoms with Gasteiger partial charge in [0.2, 0.25) is 0 Å². The number of para-hydroxylation sites is 2. The van der Waals surface area contributed by atoms with Crippen molar-refractivity contribution in [3.63, 3.8) is 0 Å². The molecule has 1 aromatic heterocycles. The predicted octanol–water partition coefficient (Wildman–Crippen LogP) is 3.82. The van der Waals surface area contributed by atoms with Crippen LogP contribution in [-0.4, -0.2) is 29.8 Å². The summed E-state index contributed by atoms with van der Waals surface area (Å²) in [6, 6.07) is 17.8. The van der Waals surface area contributed by atoms with E-state index >= 15 is 0 Å². The normalized spacial score (nSPS) is 13.5. The minimum Gasteiger partial charge on any atom is -0.496 e. The number of nitrogens with zero attached hydrogens (tertiary/aromatic N) is 1. The third-order valence-corrected chi connectivity index (χ3v) is 4.34. The van der Waals surface area contributed by atoms with Crippen LogP contribution in [0.2, 0.25) is 0 Å². The molecule has 2 aromatic carbocycles. The lowest BCUT2D eigenvalue weighted by atomic mass is 9.94. The summed E-state index contributed by atoms with van der Waals surface area (Å²) in [7, 11) is 1.65. The van der Waals surface area contributed by atoms with Gasteiger partial charge >= 0.3 is 0 Å². The van der Waals surface area contributed by atoms with E-state index in [4.69, 9.17) is 4.74 Å². The Morgan fingerprint density at radius 1 is 1.08 bits per heavy atom. The van der Waals surface area contributed by atoms with E-state index in [1.54, 1.807) is 13.3 Å². The summed E-state index contributed by atoms with van der Waals surface area (Å²) in [5.74, 6) is 0.757. The summed E-state index contributed by atoms with van der Waals surface area (Å²) in [6.45, 7) is 2.44. The third kappa shape index (κ3) is 3.34. The predicted molar refractivity (Wildman–Crippen MR) is 97.6 cm³/mol. The molecule has 0 aliphatic rings. The maximum atomic E-state index is 10.6. The Morgan fingerprint density at radius 2 is 1.88 bits per heavy atom. The van der Waals surface area contributed by atoms with Gasteiger partial charge in [0.1, 0.15) is 5.75 Å². The second-order valence-corrected chi connectivity index (χ2v) is 5.86. The standard InChI is InChI=1S/C20H22N2O2/c1-14(16-9-3-4-11-19(16)24-2)18(23)13-22-17-10-5-7-15-8-6-12-21-20(15)17/h3-12,14,18,22-23H,13H2,1-2H3. The van der Waals surface area contributed by atoms with Crippen molar-refractivity contribution in [2.24, 2.45) is 0 Å². The number of methoxy groups -OCH3 is 1. The van der Waals surface area contributed by atoms with Gasteiger partial charge in [-0.3, -0.25) is 4.98 Å². The van der Waals surface area contributed by atoms with Gasteiger partial charge in [-0.2, -0.15) is 0 Å². The monoisotopic (exact) mass is 322 g/mol. The molecule has 0 aliphatic carbocycles. The van der Waals surface area contributed by atoms with E-state index < -0.39 is 6.10 Å². The smallest absolute Gasteiger partial charge is 0.122 e. The van der Waals surface area contributed by atoms with E-state index in [-0.39, 0.29) is 5.92 Å². The zero-order valence-corrected chi connectivity index (χ0v) is 13.9. The van der Waals surface area contributed by atoms with Gasteiger partial charge in [0.05, 0.1) is 24.4 Å². The van der Waals surface area contributed by atoms with Gasteiger partial charge in [-0.1, -0.05) is 43.3 Å². The number of ether oxygens (including phenoxy) is 1. The summed E-state index contributed by atoms with van der Waals surface area (Å²) in [5.41, 5.74) is 2.85. The molecule has 2 unspecified atom stereocenters. The highest BCUT2D eigenvalue weighted by atomic mass is 16.5. The van der Waals surface area contributed by atoms with Crippen molar-refractivity contribution in [3.05, 3.63) is 66.4 Å². The molecule has 0 saturated carbocycles. The van der Waals surface area contributed by atoms with Crippen molar-refractivity contribution in [2.45, 2.75) is 18.9 Å². The maximum absolute atomic E-state index is 10.6. The number of aliphatic hydroxyl groups excluding tert-OH is 1. The zero-order chi connectivity index (χ0) is 16.9. The van der Waals surface area contributed by atoms with Gasteiger partial charge in [0.15, 0.2) is 0 Å². The molecule has 0 saturated heterocycles. The quantitative estimate of drug-likeness (QED) is 0.724. The Labute approximate surface area is 142 Å². The number of hydrogen-bond acceptors (Lipinski definition) is 4. The fourth-order valence-corrected chi connectivity index (χ4v) is 2.89. The van der Waals surface area contributed by atoms with Crippen molar-refractivity contribution in [2.75, 3.05) is 19.0 Å². The van der Waals surface area contributed by atoms with Gasteiger partial charge in [-0.05, 0) is 23.8 Å². The average molecular weight is 322 g/mol. The molecule has 3 rings (SSSR count). The Morgan fingerprint density at radius 3 is 2.71 bits per heavy atom. The molecule has 4 nitrogen and oxygen atoms in total. The van der Waals surface area contributed by atoms with Crippen LogP contribution in [0.25, 0.3) is 10.9 Å². The number of aliphatic hydroxyl groups is 1. The van der Waals surface area contributed by atoms with E-state index in [1.165, 1.54) is 0 Å². The topological polar surface area (TPSA) is 54.4 Å². The van der Waals surface area contributed by atoms with Crippen LogP contribution in [0.1, 0.15) is 18.4 Å². The van der Waals surface area contributed by atoms with Gasteiger partial charge < -0.3 is 15.2 Å². The van der Waals surface area contributed by atoms with Crippen LogP contribution in [0.4, 0.5) is 5.69 Å². The Bertz CT molecular complexity index is 814. The molecular weight excluding hydrogens is 300 g/mol. The lowest BCUT2D eigenvalue weighted by molar-refractivity contribution is 0.160. The molecule has 3 aromatic rings. The summed E-state index contributed by atoms with van der Waals surface area (Å²) in [5, 5.41) is 15.0. The van der Waals surface area contributed by atoms with Crippen LogP contribution in [0, 0.1) is 0 Å². The van der Waals surface area contributed by atoms with Crippen LogP contribution in [0.3, 0.4) is 0 Å². The number of nitrogens with one attached hydrogen (secondary N) is 1. The van der Waals surface area contributed by atoms with E-state index in [0.717, 1.165) is 27.9 Å².